The number of amides is 1. The molecule has 1 aromatic carbocycles. The highest BCUT2D eigenvalue weighted by Gasteiger charge is 2.18. The van der Waals surface area contributed by atoms with Crippen LogP contribution in [0.5, 0.6) is 0 Å². The minimum atomic E-state index is -3.82. The third-order valence-electron chi connectivity index (χ3n) is 3.60. The van der Waals surface area contributed by atoms with Crippen molar-refractivity contribution in [3.63, 3.8) is 0 Å². The highest BCUT2D eigenvalue weighted by molar-refractivity contribution is 7.89. The highest BCUT2D eigenvalue weighted by atomic mass is 32.2. The minimum Gasteiger partial charge on any atom is -0.450 e. The van der Waals surface area contributed by atoms with Crippen molar-refractivity contribution >= 4 is 33.4 Å². The molecule has 0 aliphatic carbocycles. The van der Waals surface area contributed by atoms with Crippen molar-refractivity contribution in [2.24, 2.45) is 5.14 Å². The second kappa shape index (κ2) is 7.32. The lowest BCUT2D eigenvalue weighted by Crippen LogP contribution is -2.21. The van der Waals surface area contributed by atoms with E-state index in [4.69, 9.17) is 9.88 Å². The fourth-order valence-corrected chi connectivity index (χ4v) is 2.89. The van der Waals surface area contributed by atoms with Crippen LogP contribution in [0.4, 0.5) is 5.69 Å². The molecule has 0 spiro atoms. The van der Waals surface area contributed by atoms with Crippen molar-refractivity contribution in [2.75, 3.05) is 11.9 Å². The van der Waals surface area contributed by atoms with E-state index in [1.54, 1.807) is 19.9 Å². The number of ether oxygens (including phenoxy) is 1. The molecule has 2 heterocycles. The predicted octanol–water partition coefficient (Wildman–Crippen LogP) is 0.184. The number of carbonyl (C=O) groups excluding carboxylic acids is 2. The minimum absolute atomic E-state index is 0.0889. The summed E-state index contributed by atoms with van der Waals surface area (Å²) in [4.78, 5) is 32.1. The van der Waals surface area contributed by atoms with Gasteiger partial charge in [-0.2, -0.15) is 4.98 Å². The van der Waals surface area contributed by atoms with E-state index in [1.807, 2.05) is 0 Å². The first-order chi connectivity index (χ1) is 13.1. The number of primary sulfonamides is 1. The molecule has 12 heteroatoms. The maximum absolute atomic E-state index is 12.1. The molecule has 0 aliphatic rings. The fourth-order valence-electron chi connectivity index (χ4n) is 2.37. The van der Waals surface area contributed by atoms with Gasteiger partial charge in [-0.15, -0.1) is 5.10 Å². The molecule has 0 bridgehead atoms. The summed E-state index contributed by atoms with van der Waals surface area (Å²) in [6, 6.07) is 7.00. The van der Waals surface area contributed by atoms with E-state index in [1.165, 1.54) is 28.8 Å². The summed E-state index contributed by atoms with van der Waals surface area (Å²) >= 11 is 0. The number of carbonyl (C=O) groups is 2. The Labute approximate surface area is 159 Å². The van der Waals surface area contributed by atoms with Crippen molar-refractivity contribution in [3.05, 3.63) is 47.5 Å². The SMILES string of the molecule is Cc1cc(C)n2nc(C(=O)OCC(=O)Nc3ccc(S(N)(=O)=O)cc3)nc2n1. The number of hydrogen-bond acceptors (Lipinski definition) is 8. The van der Waals surface area contributed by atoms with Crippen LogP contribution in [0.3, 0.4) is 0 Å². The molecule has 0 fully saturated rings. The summed E-state index contributed by atoms with van der Waals surface area (Å²) in [5.74, 6) is -1.46. The van der Waals surface area contributed by atoms with Crippen LogP contribution >= 0.6 is 0 Å². The number of hydrogen-bond donors (Lipinski definition) is 2. The van der Waals surface area contributed by atoms with Gasteiger partial charge in [-0.25, -0.2) is 27.9 Å². The van der Waals surface area contributed by atoms with Crippen LogP contribution in [0.25, 0.3) is 5.78 Å². The summed E-state index contributed by atoms with van der Waals surface area (Å²) in [5, 5.41) is 11.5. The molecule has 1 amide bonds. The van der Waals surface area contributed by atoms with Crippen molar-refractivity contribution in [1.29, 1.82) is 0 Å². The zero-order valence-corrected chi connectivity index (χ0v) is 15.7. The van der Waals surface area contributed by atoms with Gasteiger partial charge in [0, 0.05) is 17.1 Å². The largest absolute Gasteiger partial charge is 0.450 e. The Hall–Kier alpha value is -3.38. The Morgan fingerprint density at radius 3 is 2.50 bits per heavy atom. The van der Waals surface area contributed by atoms with Gasteiger partial charge in [-0.1, -0.05) is 0 Å². The number of benzene rings is 1. The zero-order valence-electron chi connectivity index (χ0n) is 14.9. The molecule has 3 N–H and O–H groups in total. The van der Waals surface area contributed by atoms with Crippen molar-refractivity contribution < 1.29 is 22.7 Å². The molecule has 28 heavy (non-hydrogen) atoms. The van der Waals surface area contributed by atoms with Gasteiger partial charge < -0.3 is 10.1 Å². The summed E-state index contributed by atoms with van der Waals surface area (Å²) in [6.45, 7) is 3.01. The van der Waals surface area contributed by atoms with E-state index >= 15 is 0 Å². The van der Waals surface area contributed by atoms with Gasteiger partial charge in [0.2, 0.25) is 10.0 Å². The average Bonchev–Trinajstić information content (AvgIpc) is 3.04. The third kappa shape index (κ3) is 4.29. The number of aryl methyl sites for hydroxylation is 2. The van der Waals surface area contributed by atoms with Gasteiger partial charge >= 0.3 is 5.97 Å². The van der Waals surface area contributed by atoms with Gasteiger partial charge in [-0.3, -0.25) is 4.79 Å². The average molecular weight is 404 g/mol. The first kappa shape index (κ1) is 19.4. The number of nitrogens with two attached hydrogens (primary N) is 1. The molecule has 11 nitrogen and oxygen atoms in total. The van der Waals surface area contributed by atoms with Crippen LogP contribution in [0.15, 0.2) is 35.2 Å². The molecule has 3 aromatic rings. The number of fused-ring (bicyclic) bond motifs is 1. The number of sulfonamides is 1. The Morgan fingerprint density at radius 2 is 1.86 bits per heavy atom. The van der Waals surface area contributed by atoms with Crippen molar-refractivity contribution in [3.8, 4) is 0 Å². The van der Waals surface area contributed by atoms with E-state index in [0.717, 1.165) is 11.4 Å². The quantitative estimate of drug-likeness (QED) is 0.570. The molecule has 0 aliphatic heterocycles. The Balaban J connectivity index is 1.61. The second-order valence-electron chi connectivity index (χ2n) is 5.88. The van der Waals surface area contributed by atoms with E-state index in [-0.39, 0.29) is 16.5 Å². The molecule has 146 valence electrons. The number of rotatable bonds is 5. The van der Waals surface area contributed by atoms with Gasteiger partial charge in [0.25, 0.3) is 17.5 Å². The van der Waals surface area contributed by atoms with Gasteiger partial charge in [-0.05, 0) is 44.2 Å². The lowest BCUT2D eigenvalue weighted by atomic mass is 10.3. The van der Waals surface area contributed by atoms with Crippen LogP contribution in [-0.2, 0) is 19.6 Å². The van der Waals surface area contributed by atoms with Crippen LogP contribution < -0.4 is 10.5 Å². The number of nitrogens with zero attached hydrogens (tertiary/aromatic N) is 4. The topological polar surface area (TPSA) is 159 Å². The summed E-state index contributed by atoms with van der Waals surface area (Å²) < 4.78 is 28.7. The predicted molar refractivity (Wildman–Crippen MR) is 97.0 cm³/mol. The standard InChI is InChI=1S/C16H16N6O5S/c1-9-7-10(2)22-16(18-9)20-14(21-22)15(24)27-8-13(23)19-11-3-5-12(6-4-11)28(17,25)26/h3-7H,8H2,1-2H3,(H,19,23)(H2,17,25,26). The number of anilines is 1. The highest BCUT2D eigenvalue weighted by Crippen LogP contribution is 2.12. The maximum Gasteiger partial charge on any atom is 0.378 e. The Bertz CT molecular complexity index is 1170. The normalized spacial score (nSPS) is 11.4. The molecular weight excluding hydrogens is 388 g/mol. The van der Waals surface area contributed by atoms with Crippen molar-refractivity contribution in [1.82, 2.24) is 19.6 Å². The van der Waals surface area contributed by atoms with Gasteiger partial charge in [0.05, 0.1) is 4.90 Å². The van der Waals surface area contributed by atoms with E-state index in [2.05, 4.69) is 20.4 Å². The molecule has 0 radical (unpaired) electrons. The molecule has 0 saturated heterocycles. The first-order valence-corrected chi connectivity index (χ1v) is 9.49. The zero-order chi connectivity index (χ0) is 20.5. The van der Waals surface area contributed by atoms with Crippen LogP contribution in [0, 0.1) is 13.8 Å². The summed E-state index contributed by atoms with van der Waals surface area (Å²) in [6.07, 6.45) is 0. The first-order valence-electron chi connectivity index (χ1n) is 7.94. The number of aromatic nitrogens is 4. The van der Waals surface area contributed by atoms with Gasteiger partial charge in [0.1, 0.15) is 0 Å². The molecule has 2 aromatic heterocycles. The van der Waals surface area contributed by atoms with Crippen molar-refractivity contribution in [2.45, 2.75) is 18.7 Å². The van der Waals surface area contributed by atoms with Crippen LogP contribution in [0.1, 0.15) is 22.0 Å². The van der Waals surface area contributed by atoms with E-state index in [0.29, 0.717) is 5.69 Å². The second-order valence-corrected chi connectivity index (χ2v) is 7.44. The molecule has 0 atom stereocenters. The summed E-state index contributed by atoms with van der Waals surface area (Å²) in [7, 11) is -3.82. The van der Waals surface area contributed by atoms with E-state index in [9.17, 15) is 18.0 Å². The summed E-state index contributed by atoms with van der Waals surface area (Å²) in [5.41, 5.74) is 1.79. The van der Waals surface area contributed by atoms with Crippen LogP contribution in [-0.4, -0.2) is 46.5 Å². The Kier molecular flexibility index (Phi) is 5.07. The Morgan fingerprint density at radius 1 is 1.18 bits per heavy atom. The van der Waals surface area contributed by atoms with E-state index < -0.39 is 28.5 Å². The monoisotopic (exact) mass is 404 g/mol. The third-order valence-corrected chi connectivity index (χ3v) is 4.53. The van der Waals surface area contributed by atoms with Gasteiger partial charge in [0.15, 0.2) is 6.61 Å². The lowest BCUT2D eigenvalue weighted by molar-refractivity contribution is -0.119. The molecule has 0 saturated carbocycles. The number of esters is 1. The maximum atomic E-state index is 12.1. The number of nitrogens with one attached hydrogen (secondary N) is 1. The van der Waals surface area contributed by atoms with Crippen LogP contribution in [0.2, 0.25) is 0 Å². The molecular formula is C16H16N6O5S. The molecule has 0 unspecified atom stereocenters. The fraction of sp³-hybridized carbons (Fsp3) is 0.188. The lowest BCUT2D eigenvalue weighted by Gasteiger charge is -2.06. The molecule has 3 rings (SSSR count). The smallest absolute Gasteiger partial charge is 0.378 e.